The van der Waals surface area contributed by atoms with Gasteiger partial charge in [0.15, 0.2) is 0 Å². The minimum absolute atomic E-state index is 0.220. The van der Waals surface area contributed by atoms with Gasteiger partial charge in [-0.1, -0.05) is 25.8 Å². The van der Waals surface area contributed by atoms with Crippen molar-refractivity contribution in [3.05, 3.63) is 12.7 Å². The number of rotatable bonds is 6. The van der Waals surface area contributed by atoms with Gasteiger partial charge in [0.05, 0.1) is 0 Å². The van der Waals surface area contributed by atoms with E-state index in [0.29, 0.717) is 5.78 Å². The van der Waals surface area contributed by atoms with Crippen molar-refractivity contribution in [2.75, 3.05) is 19.6 Å². The van der Waals surface area contributed by atoms with Crippen LogP contribution in [0, 0.1) is 5.92 Å². The highest BCUT2D eigenvalue weighted by molar-refractivity contribution is 5.82. The molecule has 0 aromatic heterocycles. The molecule has 0 aromatic rings. The van der Waals surface area contributed by atoms with Crippen LogP contribution in [0.3, 0.4) is 0 Å². The number of likely N-dealkylation sites (tertiary alicyclic amines) is 1. The molecule has 1 saturated heterocycles. The molecule has 1 fully saturated rings. The molecular weight excluding hydrogens is 186 g/mol. The van der Waals surface area contributed by atoms with E-state index in [0.717, 1.165) is 32.5 Å². The molecule has 0 spiro atoms. The fraction of sp³-hybridized carbons (Fsp3) is 0.769. The quantitative estimate of drug-likeness (QED) is 0.495. The lowest BCUT2D eigenvalue weighted by Crippen LogP contribution is -2.41. The third kappa shape index (κ3) is 4.17. The Balaban J connectivity index is 2.29. The summed E-state index contributed by atoms with van der Waals surface area (Å²) in [7, 11) is 0. The van der Waals surface area contributed by atoms with Crippen LogP contribution in [0.4, 0.5) is 0 Å². The Bertz CT molecular complexity index is 213. The van der Waals surface area contributed by atoms with Gasteiger partial charge in [-0.2, -0.15) is 0 Å². The third-order valence-electron chi connectivity index (χ3n) is 3.14. The van der Waals surface area contributed by atoms with Crippen LogP contribution >= 0.6 is 0 Å². The SMILES string of the molecule is C=CCC1CN(CCCCC)CCC1=O. The minimum Gasteiger partial charge on any atom is -0.302 e. The molecule has 1 atom stereocenters. The standard InChI is InChI=1S/C13H23NO/c1-3-5-6-9-14-10-8-13(15)12(11-14)7-4-2/h4,12H,2-3,5-11H2,1H3. The van der Waals surface area contributed by atoms with Gasteiger partial charge in [-0.25, -0.2) is 0 Å². The number of hydrogen-bond donors (Lipinski definition) is 0. The second-order valence-electron chi connectivity index (χ2n) is 4.45. The van der Waals surface area contributed by atoms with Gasteiger partial charge >= 0.3 is 0 Å². The summed E-state index contributed by atoms with van der Waals surface area (Å²) in [6, 6.07) is 0. The Morgan fingerprint density at radius 3 is 3.00 bits per heavy atom. The molecule has 86 valence electrons. The fourth-order valence-corrected chi connectivity index (χ4v) is 2.17. The van der Waals surface area contributed by atoms with Gasteiger partial charge in [-0.05, 0) is 19.4 Å². The van der Waals surface area contributed by atoms with E-state index in [1.807, 2.05) is 6.08 Å². The van der Waals surface area contributed by atoms with Crippen LogP contribution in [0.25, 0.3) is 0 Å². The van der Waals surface area contributed by atoms with Gasteiger partial charge in [0.2, 0.25) is 0 Å². The molecule has 0 amide bonds. The third-order valence-corrected chi connectivity index (χ3v) is 3.14. The zero-order chi connectivity index (χ0) is 11.1. The molecule has 1 aliphatic heterocycles. The van der Waals surface area contributed by atoms with E-state index in [4.69, 9.17) is 0 Å². The first-order valence-electron chi connectivity index (χ1n) is 6.14. The predicted octanol–water partition coefficient (Wildman–Crippen LogP) is 2.64. The largest absolute Gasteiger partial charge is 0.302 e. The van der Waals surface area contributed by atoms with Crippen molar-refractivity contribution in [1.82, 2.24) is 4.90 Å². The maximum Gasteiger partial charge on any atom is 0.138 e. The number of allylic oxidation sites excluding steroid dienone is 1. The van der Waals surface area contributed by atoms with Crippen LogP contribution in [0.15, 0.2) is 12.7 Å². The van der Waals surface area contributed by atoms with Crippen LogP contribution in [-0.2, 0) is 4.79 Å². The first kappa shape index (κ1) is 12.4. The van der Waals surface area contributed by atoms with Crippen molar-refractivity contribution in [3.63, 3.8) is 0 Å². The number of Topliss-reactive ketones (excluding diaryl/α,β-unsaturated/α-hetero) is 1. The van der Waals surface area contributed by atoms with E-state index in [9.17, 15) is 4.79 Å². The maximum atomic E-state index is 11.6. The highest BCUT2D eigenvalue weighted by atomic mass is 16.1. The molecule has 2 nitrogen and oxygen atoms in total. The molecule has 0 aromatic carbocycles. The van der Waals surface area contributed by atoms with Crippen molar-refractivity contribution in [2.45, 2.75) is 39.0 Å². The molecule has 0 bridgehead atoms. The minimum atomic E-state index is 0.220. The van der Waals surface area contributed by atoms with Crippen LogP contribution in [0.1, 0.15) is 39.0 Å². The van der Waals surface area contributed by atoms with E-state index in [2.05, 4.69) is 18.4 Å². The van der Waals surface area contributed by atoms with Gasteiger partial charge in [-0.15, -0.1) is 6.58 Å². The summed E-state index contributed by atoms with van der Waals surface area (Å²) in [5.74, 6) is 0.652. The van der Waals surface area contributed by atoms with E-state index in [-0.39, 0.29) is 5.92 Å². The Hall–Kier alpha value is -0.630. The van der Waals surface area contributed by atoms with Crippen molar-refractivity contribution in [3.8, 4) is 0 Å². The highest BCUT2D eigenvalue weighted by Crippen LogP contribution is 2.17. The monoisotopic (exact) mass is 209 g/mol. The predicted molar refractivity (Wildman–Crippen MR) is 63.9 cm³/mol. The van der Waals surface area contributed by atoms with Crippen LogP contribution in [0.5, 0.6) is 0 Å². The summed E-state index contributed by atoms with van der Waals surface area (Å²) in [6.45, 7) is 9.02. The Morgan fingerprint density at radius 1 is 1.53 bits per heavy atom. The summed E-state index contributed by atoms with van der Waals surface area (Å²) >= 11 is 0. The molecule has 1 aliphatic rings. The molecule has 1 heterocycles. The van der Waals surface area contributed by atoms with E-state index in [1.165, 1.54) is 19.3 Å². The molecule has 0 aliphatic carbocycles. The Kier molecular flexibility index (Phi) is 5.62. The second kappa shape index (κ2) is 6.78. The smallest absolute Gasteiger partial charge is 0.138 e. The highest BCUT2D eigenvalue weighted by Gasteiger charge is 2.25. The van der Waals surface area contributed by atoms with Crippen molar-refractivity contribution < 1.29 is 4.79 Å². The van der Waals surface area contributed by atoms with Gasteiger partial charge in [0.1, 0.15) is 5.78 Å². The van der Waals surface area contributed by atoms with Crippen molar-refractivity contribution in [1.29, 1.82) is 0 Å². The number of hydrogen-bond acceptors (Lipinski definition) is 2. The van der Waals surface area contributed by atoms with Crippen molar-refractivity contribution in [2.24, 2.45) is 5.92 Å². The summed E-state index contributed by atoms with van der Waals surface area (Å²) in [4.78, 5) is 14.0. The van der Waals surface area contributed by atoms with Gasteiger partial charge in [0, 0.05) is 25.4 Å². The first-order valence-corrected chi connectivity index (χ1v) is 6.14. The summed E-state index contributed by atoms with van der Waals surface area (Å²) < 4.78 is 0. The molecular formula is C13H23NO. The molecule has 0 radical (unpaired) electrons. The number of carbonyl (C=O) groups is 1. The van der Waals surface area contributed by atoms with Gasteiger partial charge in [-0.3, -0.25) is 4.79 Å². The lowest BCUT2D eigenvalue weighted by Gasteiger charge is -2.31. The lowest BCUT2D eigenvalue weighted by molar-refractivity contribution is -0.126. The summed E-state index contributed by atoms with van der Waals surface area (Å²) in [5, 5.41) is 0. The van der Waals surface area contributed by atoms with E-state index in [1.54, 1.807) is 0 Å². The van der Waals surface area contributed by atoms with Gasteiger partial charge in [0.25, 0.3) is 0 Å². The fourth-order valence-electron chi connectivity index (χ4n) is 2.17. The summed E-state index contributed by atoms with van der Waals surface area (Å²) in [5.41, 5.74) is 0. The topological polar surface area (TPSA) is 20.3 Å². The molecule has 2 heteroatoms. The van der Waals surface area contributed by atoms with Gasteiger partial charge < -0.3 is 4.90 Å². The summed E-state index contributed by atoms with van der Waals surface area (Å²) in [6.07, 6.45) is 7.30. The van der Waals surface area contributed by atoms with Crippen LogP contribution in [0.2, 0.25) is 0 Å². The average Bonchev–Trinajstić information content (AvgIpc) is 2.23. The molecule has 15 heavy (non-hydrogen) atoms. The lowest BCUT2D eigenvalue weighted by atomic mass is 9.93. The number of ketones is 1. The number of carbonyl (C=O) groups excluding carboxylic acids is 1. The number of piperidine rings is 1. The zero-order valence-corrected chi connectivity index (χ0v) is 9.87. The van der Waals surface area contributed by atoms with Crippen molar-refractivity contribution >= 4 is 5.78 Å². The normalized spacial score (nSPS) is 23.0. The average molecular weight is 209 g/mol. The molecule has 0 N–H and O–H groups in total. The zero-order valence-electron chi connectivity index (χ0n) is 9.87. The first-order chi connectivity index (χ1) is 7.27. The number of nitrogens with zero attached hydrogens (tertiary/aromatic N) is 1. The van der Waals surface area contributed by atoms with Crippen LogP contribution < -0.4 is 0 Å². The number of unbranched alkanes of at least 4 members (excludes halogenated alkanes) is 2. The second-order valence-corrected chi connectivity index (χ2v) is 4.45. The Labute approximate surface area is 93.3 Å². The molecule has 0 saturated carbocycles. The molecule has 1 unspecified atom stereocenters. The molecule has 1 rings (SSSR count). The Morgan fingerprint density at radius 2 is 2.33 bits per heavy atom. The maximum absolute atomic E-state index is 11.6. The van der Waals surface area contributed by atoms with E-state index < -0.39 is 0 Å². The van der Waals surface area contributed by atoms with Crippen LogP contribution in [-0.4, -0.2) is 30.3 Å². The van der Waals surface area contributed by atoms with E-state index >= 15 is 0 Å².